The molecule has 0 aliphatic rings. The van der Waals surface area contributed by atoms with Gasteiger partial charge in [0.1, 0.15) is 22.8 Å². The minimum absolute atomic E-state index is 0. The zero-order chi connectivity index (χ0) is 18.8. The Balaban J connectivity index is 0.00000364. The molecule has 0 fully saturated rings. The summed E-state index contributed by atoms with van der Waals surface area (Å²) in [5.41, 5.74) is 0.486. The third kappa shape index (κ3) is 7.22. The Kier molecular flexibility index (Phi) is 11.2. The van der Waals surface area contributed by atoms with Gasteiger partial charge in [-0.2, -0.15) is 0 Å². The minimum atomic E-state index is -0.00691. The van der Waals surface area contributed by atoms with Crippen molar-refractivity contribution in [2.75, 3.05) is 20.8 Å². The van der Waals surface area contributed by atoms with Gasteiger partial charge in [-0.3, -0.25) is 4.79 Å². The molecule has 1 unspecified atom stereocenters. The van der Waals surface area contributed by atoms with Crippen LogP contribution in [0.4, 0.5) is 0 Å². The van der Waals surface area contributed by atoms with Gasteiger partial charge in [0.25, 0.3) is 0 Å². The first kappa shape index (κ1) is 23.6. The van der Waals surface area contributed by atoms with Gasteiger partial charge in [0.05, 0.1) is 20.8 Å². The fraction of sp³-hybridized carbons (Fsp3) is 0.381. The molecule has 0 N–H and O–H groups in total. The Morgan fingerprint density at radius 3 is 2.11 bits per heavy atom. The molecule has 0 aliphatic heterocycles. The van der Waals surface area contributed by atoms with Crippen molar-refractivity contribution in [2.24, 2.45) is 0 Å². The third-order valence-electron chi connectivity index (χ3n) is 4.03. The van der Waals surface area contributed by atoms with Crippen LogP contribution in [0, 0.1) is 0 Å². The van der Waals surface area contributed by atoms with Gasteiger partial charge < -0.3 is 14.2 Å². The zero-order valence-corrected chi connectivity index (χ0v) is 16.7. The van der Waals surface area contributed by atoms with Crippen LogP contribution < -0.4 is 19.5 Å². The molecule has 0 saturated carbocycles. The molecule has 0 heterocycles. The van der Waals surface area contributed by atoms with E-state index in [4.69, 9.17) is 14.2 Å². The fourth-order valence-corrected chi connectivity index (χ4v) is 3.59. The molecule has 0 bridgehead atoms. The average molecular weight is 382 g/mol. The summed E-state index contributed by atoms with van der Waals surface area (Å²) in [7, 11) is 3.11. The second kappa shape index (κ2) is 12.8. The number of rotatable bonds is 11. The van der Waals surface area contributed by atoms with Gasteiger partial charge in [0.15, 0.2) is 5.52 Å². The van der Waals surface area contributed by atoms with Crippen molar-refractivity contribution in [1.29, 1.82) is 0 Å². The number of hydrogen-bond acceptors (Lipinski definition) is 4. The van der Waals surface area contributed by atoms with Crippen molar-refractivity contribution < 1.29 is 19.0 Å². The second-order valence-corrected chi connectivity index (χ2v) is 7.21. The van der Waals surface area contributed by atoms with E-state index in [9.17, 15) is 4.79 Å². The monoisotopic (exact) mass is 382 g/mol. The number of carbonyl (C=O) groups excluding carboxylic acids is 1. The van der Waals surface area contributed by atoms with Gasteiger partial charge in [-0.1, -0.05) is 44.4 Å². The molecule has 2 rings (SSSR count). The number of unbranched alkanes of at least 4 members (excludes halogenated alkanes) is 3. The van der Waals surface area contributed by atoms with Gasteiger partial charge in [-0.05, 0) is 44.6 Å². The summed E-state index contributed by atoms with van der Waals surface area (Å²) in [6, 6.07) is 13.1. The van der Waals surface area contributed by atoms with E-state index in [2.05, 4.69) is 6.92 Å². The van der Waals surface area contributed by atoms with Crippen LogP contribution >= 0.6 is 8.58 Å². The Morgan fingerprint density at radius 2 is 1.56 bits per heavy atom. The number of methoxy groups -OCH3 is 2. The van der Waals surface area contributed by atoms with Gasteiger partial charge in [-0.25, -0.2) is 0 Å². The molecule has 0 spiro atoms. The van der Waals surface area contributed by atoms with Crippen molar-refractivity contribution in [3.05, 3.63) is 48.0 Å². The van der Waals surface area contributed by atoms with E-state index in [0.717, 1.165) is 24.1 Å². The normalized spacial score (nSPS) is 10.5. The molecule has 0 aromatic heterocycles. The van der Waals surface area contributed by atoms with Crippen LogP contribution in [0.3, 0.4) is 0 Å². The van der Waals surface area contributed by atoms with Crippen LogP contribution in [-0.4, -0.2) is 45.2 Å². The van der Waals surface area contributed by atoms with Gasteiger partial charge in [0.2, 0.25) is 0 Å². The molecule has 2 aromatic rings. The number of hydrogen-bond donors (Lipinski definition) is 0. The summed E-state index contributed by atoms with van der Waals surface area (Å²) in [6.07, 6.45) is 4.74. The molecule has 1 atom stereocenters. The molecular formula is C21H28LiO4P. The van der Waals surface area contributed by atoms with Crippen molar-refractivity contribution in [2.45, 2.75) is 32.6 Å². The van der Waals surface area contributed by atoms with E-state index in [1.54, 1.807) is 26.4 Å². The number of carbonyl (C=O) groups is 1. The molecule has 4 nitrogen and oxygen atoms in total. The topological polar surface area (TPSA) is 44.8 Å². The Hall–Kier alpha value is -1.46. The Labute approximate surface area is 175 Å². The molecule has 0 radical (unpaired) electrons. The Bertz CT molecular complexity index is 682. The molecule has 0 aliphatic carbocycles. The van der Waals surface area contributed by atoms with Crippen LogP contribution in [0.1, 0.15) is 43.0 Å². The van der Waals surface area contributed by atoms with Gasteiger partial charge >= 0.3 is 18.9 Å². The SMILES string of the molecule is CCCCCCOc1ccc(PC(=O)c2c(OC)cccc2OC)cc1.[LiH]. The molecular weight excluding hydrogens is 354 g/mol. The summed E-state index contributed by atoms with van der Waals surface area (Å²) in [5, 5.41) is 0.960. The summed E-state index contributed by atoms with van der Waals surface area (Å²) in [6.45, 7) is 2.93. The maximum absolute atomic E-state index is 12.8. The predicted octanol–water partition coefficient (Wildman–Crippen LogP) is 4.16. The number of ether oxygens (including phenoxy) is 3. The van der Waals surface area contributed by atoms with E-state index in [1.165, 1.54) is 19.3 Å². The van der Waals surface area contributed by atoms with E-state index in [-0.39, 0.29) is 33.0 Å². The first-order chi connectivity index (χ1) is 12.7. The molecule has 6 heteroatoms. The molecule has 2 aromatic carbocycles. The average Bonchev–Trinajstić information content (AvgIpc) is 2.68. The second-order valence-electron chi connectivity index (χ2n) is 5.93. The third-order valence-corrected chi connectivity index (χ3v) is 5.13. The summed E-state index contributed by atoms with van der Waals surface area (Å²) in [5.74, 6) is 1.92. The van der Waals surface area contributed by atoms with Crippen molar-refractivity contribution >= 4 is 38.3 Å². The summed E-state index contributed by atoms with van der Waals surface area (Å²) < 4.78 is 16.4. The fourth-order valence-electron chi connectivity index (χ4n) is 2.62. The van der Waals surface area contributed by atoms with Crippen LogP contribution in [0.2, 0.25) is 0 Å². The molecule has 0 amide bonds. The molecule has 27 heavy (non-hydrogen) atoms. The first-order valence-corrected chi connectivity index (χ1v) is 9.94. The number of benzene rings is 2. The standard InChI is InChI=1S/C21H27O4P.Li.H/c1-4-5-6-7-15-25-16-11-13-17(14-12-16)26-21(22)20-18(23-2)9-8-10-19(20)24-3;;/h8-14,26H,4-7,15H2,1-3H3;;. The van der Waals surface area contributed by atoms with Crippen LogP contribution in [0.15, 0.2) is 42.5 Å². The quantitative estimate of drug-likeness (QED) is 0.333. The van der Waals surface area contributed by atoms with Gasteiger partial charge in [-0.15, -0.1) is 0 Å². The predicted molar refractivity (Wildman–Crippen MR) is 115 cm³/mol. The summed E-state index contributed by atoms with van der Waals surface area (Å²) in [4.78, 5) is 12.8. The van der Waals surface area contributed by atoms with Crippen molar-refractivity contribution in [3.63, 3.8) is 0 Å². The maximum atomic E-state index is 12.8. The molecule has 0 saturated heterocycles. The van der Waals surface area contributed by atoms with E-state index >= 15 is 0 Å². The zero-order valence-electron chi connectivity index (χ0n) is 15.7. The van der Waals surface area contributed by atoms with E-state index < -0.39 is 0 Å². The van der Waals surface area contributed by atoms with Gasteiger partial charge in [0, 0.05) is 0 Å². The summed E-state index contributed by atoms with van der Waals surface area (Å²) >= 11 is 0. The van der Waals surface area contributed by atoms with Crippen LogP contribution in [0.5, 0.6) is 17.2 Å². The molecule has 142 valence electrons. The van der Waals surface area contributed by atoms with Crippen LogP contribution in [-0.2, 0) is 0 Å². The first-order valence-electron chi connectivity index (χ1n) is 8.94. The van der Waals surface area contributed by atoms with Crippen molar-refractivity contribution in [1.82, 2.24) is 0 Å². The van der Waals surface area contributed by atoms with E-state index in [0.29, 0.717) is 17.1 Å². The van der Waals surface area contributed by atoms with Crippen LogP contribution in [0.25, 0.3) is 0 Å². The van der Waals surface area contributed by atoms with Crippen molar-refractivity contribution in [3.8, 4) is 17.2 Å². The van der Waals surface area contributed by atoms with E-state index in [1.807, 2.05) is 30.3 Å². The Morgan fingerprint density at radius 1 is 0.926 bits per heavy atom.